The molecule has 0 radical (unpaired) electrons. The molecule has 3 rings (SSSR count). The summed E-state index contributed by atoms with van der Waals surface area (Å²) in [6.07, 6.45) is 0.815. The van der Waals surface area contributed by atoms with Gasteiger partial charge in [-0.05, 0) is 37.8 Å². The number of aromatic nitrogens is 1. The van der Waals surface area contributed by atoms with Gasteiger partial charge < -0.3 is 30.4 Å². The van der Waals surface area contributed by atoms with Gasteiger partial charge in [0.2, 0.25) is 5.91 Å². The summed E-state index contributed by atoms with van der Waals surface area (Å²) in [5.74, 6) is -0.503. The highest BCUT2D eigenvalue weighted by Crippen LogP contribution is 2.09. The van der Waals surface area contributed by atoms with Crippen LogP contribution in [0.4, 0.5) is 0 Å². The van der Waals surface area contributed by atoms with Crippen LogP contribution < -0.4 is 16.0 Å². The van der Waals surface area contributed by atoms with Crippen molar-refractivity contribution in [3.8, 4) is 0 Å². The Morgan fingerprint density at radius 2 is 1.71 bits per heavy atom. The quantitative estimate of drug-likeness (QED) is 0.234. The zero-order valence-corrected chi connectivity index (χ0v) is 21.3. The lowest BCUT2D eigenvalue weighted by Crippen LogP contribution is -2.52. The van der Waals surface area contributed by atoms with Crippen molar-refractivity contribution in [3.63, 3.8) is 0 Å². The smallest absolute Gasteiger partial charge is 0.274 e. The summed E-state index contributed by atoms with van der Waals surface area (Å²) in [5, 5.41) is 22.6. The largest absolute Gasteiger partial charge is 0.389 e. The minimum atomic E-state index is -1.30. The second kappa shape index (κ2) is 14.0. The molecule has 1 heterocycles. The van der Waals surface area contributed by atoms with Gasteiger partial charge in [-0.15, -0.1) is 0 Å². The molecule has 1 aromatic heterocycles. The predicted molar refractivity (Wildman–Crippen MR) is 140 cm³/mol. The number of nitrogens with zero attached hydrogens (tertiary/aromatic N) is 1. The van der Waals surface area contributed by atoms with Crippen molar-refractivity contribution in [3.05, 3.63) is 88.3 Å². The van der Waals surface area contributed by atoms with Crippen LogP contribution in [0.2, 0.25) is 0 Å². The second-order valence-electron chi connectivity index (χ2n) is 9.09. The van der Waals surface area contributed by atoms with Crippen LogP contribution in [0.3, 0.4) is 0 Å². The number of nitrogens with one attached hydrogen (secondary N) is 3. The summed E-state index contributed by atoms with van der Waals surface area (Å²) < 4.78 is 4.87. The highest BCUT2D eigenvalue weighted by Gasteiger charge is 2.25. The molecule has 10 heteroatoms. The molecule has 0 spiro atoms. The lowest BCUT2D eigenvalue weighted by Gasteiger charge is -2.23. The van der Waals surface area contributed by atoms with E-state index in [9.17, 15) is 24.3 Å². The number of aryl methyl sites for hydroxylation is 3. The zero-order chi connectivity index (χ0) is 27.5. The molecule has 0 aliphatic carbocycles. The van der Waals surface area contributed by atoms with Crippen LogP contribution in [0.5, 0.6) is 0 Å². The molecule has 0 saturated heterocycles. The van der Waals surface area contributed by atoms with Crippen LogP contribution in [-0.4, -0.2) is 59.4 Å². The molecule has 2 amide bonds. The average Bonchev–Trinajstić information content (AvgIpc) is 3.37. The highest BCUT2D eigenvalue weighted by atomic mass is 16.5. The van der Waals surface area contributed by atoms with Crippen molar-refractivity contribution in [2.45, 2.75) is 51.4 Å². The number of benzene rings is 2. The summed E-state index contributed by atoms with van der Waals surface area (Å²) in [7, 11) is 0. The Bertz CT molecular complexity index is 1220. The summed E-state index contributed by atoms with van der Waals surface area (Å²) in [5.41, 5.74) is 3.55. The summed E-state index contributed by atoms with van der Waals surface area (Å²) in [6.45, 7) is 3.81. The Morgan fingerprint density at radius 1 is 1.03 bits per heavy atom. The molecular weight excluding hydrogens is 488 g/mol. The van der Waals surface area contributed by atoms with Gasteiger partial charge in [0.1, 0.15) is 24.4 Å². The summed E-state index contributed by atoms with van der Waals surface area (Å²) >= 11 is 0. The van der Waals surface area contributed by atoms with Crippen molar-refractivity contribution in [1.29, 1.82) is 0 Å². The number of amides is 2. The predicted octanol–water partition coefficient (Wildman–Crippen LogP) is 1.67. The van der Waals surface area contributed by atoms with E-state index in [0.717, 1.165) is 23.0 Å². The standard InChI is InChI=1S/C28H32N4O6/c1-18-3-5-21(6-4-18)14-30-27(36)23(12-11-20-7-9-22(16-33)10-8-20)29-15-26(35)25(17-34)31-28(37)24-13-19(2)38-32-24/h3-10,13,16-17,23,25-26,29,35H,11-12,14-15H2,1-2H3,(H,30,36)(H,31,37)/t23-,25+,26-/m0/s1. The van der Waals surface area contributed by atoms with Gasteiger partial charge >= 0.3 is 0 Å². The molecule has 3 atom stereocenters. The fourth-order valence-electron chi connectivity index (χ4n) is 3.73. The first-order chi connectivity index (χ1) is 18.3. The number of aliphatic hydroxyl groups is 1. The Balaban J connectivity index is 1.62. The third-order valence-corrected chi connectivity index (χ3v) is 6.03. The van der Waals surface area contributed by atoms with Gasteiger partial charge in [0.05, 0.1) is 12.1 Å². The first-order valence-electron chi connectivity index (χ1n) is 12.3. The van der Waals surface area contributed by atoms with E-state index in [1.807, 2.05) is 43.3 Å². The maximum atomic E-state index is 13.1. The van der Waals surface area contributed by atoms with Gasteiger partial charge in [0, 0.05) is 24.7 Å². The van der Waals surface area contributed by atoms with E-state index < -0.39 is 24.1 Å². The van der Waals surface area contributed by atoms with Crippen molar-refractivity contribution < 1.29 is 28.8 Å². The number of rotatable bonds is 14. The Morgan fingerprint density at radius 3 is 2.32 bits per heavy atom. The molecule has 2 aromatic carbocycles. The molecule has 0 unspecified atom stereocenters. The SMILES string of the molecule is Cc1ccc(CNC(=O)[C@H](CCc2ccc(C=O)cc2)NC[C@H](O)[C@@H](C=O)NC(=O)c2cc(C)on2)cc1. The van der Waals surface area contributed by atoms with Crippen LogP contribution in [0.15, 0.2) is 59.1 Å². The van der Waals surface area contributed by atoms with Crippen molar-refractivity contribution in [2.24, 2.45) is 0 Å². The van der Waals surface area contributed by atoms with Gasteiger partial charge in [0.15, 0.2) is 5.69 Å². The normalized spacial score (nSPS) is 13.2. The second-order valence-corrected chi connectivity index (χ2v) is 9.09. The third kappa shape index (κ3) is 8.46. The van der Waals surface area contributed by atoms with Crippen molar-refractivity contribution >= 4 is 24.4 Å². The molecule has 3 aromatic rings. The van der Waals surface area contributed by atoms with Crippen LogP contribution in [0.25, 0.3) is 0 Å². The van der Waals surface area contributed by atoms with Crippen molar-refractivity contribution in [1.82, 2.24) is 21.1 Å². The molecule has 0 aliphatic heterocycles. The minimum Gasteiger partial charge on any atom is -0.389 e. The van der Waals surface area contributed by atoms with E-state index in [0.29, 0.717) is 37.0 Å². The number of carbonyl (C=O) groups is 4. The lowest BCUT2D eigenvalue weighted by molar-refractivity contribution is -0.123. The van der Waals surface area contributed by atoms with Gasteiger partial charge in [-0.25, -0.2) is 0 Å². The van der Waals surface area contributed by atoms with Gasteiger partial charge in [0.25, 0.3) is 5.91 Å². The Kier molecular flexibility index (Phi) is 10.4. The fourth-order valence-corrected chi connectivity index (χ4v) is 3.73. The average molecular weight is 521 g/mol. The topological polar surface area (TPSA) is 151 Å². The van der Waals surface area contributed by atoms with E-state index in [1.165, 1.54) is 6.07 Å². The highest BCUT2D eigenvalue weighted by molar-refractivity contribution is 5.93. The minimum absolute atomic E-state index is 0.0107. The fraction of sp³-hybridized carbons (Fsp3) is 0.321. The Hall–Kier alpha value is -4.15. The van der Waals surface area contributed by atoms with E-state index in [-0.39, 0.29) is 18.1 Å². The molecule has 10 nitrogen and oxygen atoms in total. The summed E-state index contributed by atoms with van der Waals surface area (Å²) in [4.78, 5) is 47.9. The number of hydrogen-bond donors (Lipinski definition) is 4. The summed E-state index contributed by atoms with van der Waals surface area (Å²) in [6, 6.07) is 14.4. The number of aldehydes is 2. The lowest BCUT2D eigenvalue weighted by atomic mass is 10.0. The monoisotopic (exact) mass is 520 g/mol. The third-order valence-electron chi connectivity index (χ3n) is 6.03. The van der Waals surface area contributed by atoms with Crippen LogP contribution in [-0.2, 0) is 22.6 Å². The van der Waals surface area contributed by atoms with Crippen LogP contribution in [0.1, 0.15) is 49.7 Å². The molecular formula is C28H32N4O6. The molecule has 4 N–H and O–H groups in total. The van der Waals surface area contributed by atoms with Crippen LogP contribution >= 0.6 is 0 Å². The first kappa shape index (κ1) is 28.4. The Labute approximate surface area is 220 Å². The maximum Gasteiger partial charge on any atom is 0.274 e. The number of carbonyl (C=O) groups excluding carboxylic acids is 4. The van der Waals surface area contributed by atoms with E-state index in [1.54, 1.807) is 19.1 Å². The number of hydrogen-bond acceptors (Lipinski definition) is 8. The van der Waals surface area contributed by atoms with Gasteiger partial charge in [-0.2, -0.15) is 0 Å². The van der Waals surface area contributed by atoms with Gasteiger partial charge in [-0.3, -0.25) is 14.4 Å². The molecule has 0 fully saturated rings. The van der Waals surface area contributed by atoms with Crippen LogP contribution in [0, 0.1) is 13.8 Å². The molecule has 0 aliphatic rings. The molecule has 38 heavy (non-hydrogen) atoms. The van der Waals surface area contributed by atoms with Crippen molar-refractivity contribution in [2.75, 3.05) is 6.54 Å². The van der Waals surface area contributed by atoms with E-state index >= 15 is 0 Å². The van der Waals surface area contributed by atoms with Gasteiger partial charge in [-0.1, -0.05) is 59.3 Å². The zero-order valence-electron chi connectivity index (χ0n) is 21.3. The molecule has 200 valence electrons. The first-order valence-corrected chi connectivity index (χ1v) is 12.3. The number of aliphatic hydroxyl groups excluding tert-OH is 1. The maximum absolute atomic E-state index is 13.1. The molecule has 0 saturated carbocycles. The molecule has 0 bridgehead atoms. The van der Waals surface area contributed by atoms with E-state index in [2.05, 4.69) is 21.1 Å². The van der Waals surface area contributed by atoms with E-state index in [4.69, 9.17) is 4.52 Å².